The van der Waals surface area contributed by atoms with Crippen molar-refractivity contribution in [2.45, 2.75) is 13.5 Å². The molecule has 0 saturated heterocycles. The molecular formula is C16H15BrNO2Y-. The third-order valence-electron chi connectivity index (χ3n) is 2.86. The summed E-state index contributed by atoms with van der Waals surface area (Å²) in [5.74, 6) is 0.752. The number of pyridine rings is 1. The predicted octanol–water partition coefficient (Wildman–Crippen LogP) is 3.66. The Labute approximate surface area is 158 Å². The summed E-state index contributed by atoms with van der Waals surface area (Å²) in [6.45, 7) is 6.62. The van der Waals surface area contributed by atoms with E-state index in [1.807, 2.05) is 25.1 Å². The van der Waals surface area contributed by atoms with Gasteiger partial charge < -0.3 is 9.30 Å². The average molecular weight is 422 g/mol. The summed E-state index contributed by atoms with van der Waals surface area (Å²) in [5.41, 5.74) is 1.65. The van der Waals surface area contributed by atoms with Gasteiger partial charge >= 0.3 is 0 Å². The number of hydrogen-bond acceptors (Lipinski definition) is 2. The SMILES string of the molecule is C=CCOc1ccc(-c2[c-]ccc(=O)n2CC)c(Br)c1.[Y]. The topological polar surface area (TPSA) is 31.2 Å². The number of benzene rings is 1. The molecule has 0 aliphatic heterocycles. The maximum atomic E-state index is 11.9. The van der Waals surface area contributed by atoms with Crippen molar-refractivity contribution in [3.05, 3.63) is 63.9 Å². The zero-order chi connectivity index (χ0) is 14.5. The van der Waals surface area contributed by atoms with Crippen LogP contribution in [0.25, 0.3) is 11.3 Å². The summed E-state index contributed by atoms with van der Waals surface area (Å²) in [5, 5.41) is 0. The van der Waals surface area contributed by atoms with E-state index in [2.05, 4.69) is 28.6 Å². The second-order valence-electron chi connectivity index (χ2n) is 4.15. The van der Waals surface area contributed by atoms with E-state index in [9.17, 15) is 4.79 Å². The van der Waals surface area contributed by atoms with E-state index in [0.717, 1.165) is 21.5 Å². The van der Waals surface area contributed by atoms with Gasteiger partial charge in [0.2, 0.25) is 0 Å². The van der Waals surface area contributed by atoms with Crippen molar-refractivity contribution in [1.29, 1.82) is 0 Å². The van der Waals surface area contributed by atoms with Crippen molar-refractivity contribution in [2.24, 2.45) is 0 Å². The molecular weight excluding hydrogens is 407 g/mol. The largest absolute Gasteiger partial charge is 0.490 e. The summed E-state index contributed by atoms with van der Waals surface area (Å²) >= 11 is 3.52. The molecule has 2 rings (SSSR count). The van der Waals surface area contributed by atoms with Crippen molar-refractivity contribution >= 4 is 15.9 Å². The molecule has 0 fully saturated rings. The van der Waals surface area contributed by atoms with Gasteiger partial charge in [0.1, 0.15) is 12.4 Å². The fourth-order valence-electron chi connectivity index (χ4n) is 1.94. The van der Waals surface area contributed by atoms with Gasteiger partial charge in [0, 0.05) is 39.3 Å². The van der Waals surface area contributed by atoms with E-state index in [0.29, 0.717) is 13.2 Å². The molecule has 1 aromatic carbocycles. The fraction of sp³-hybridized carbons (Fsp3) is 0.188. The van der Waals surface area contributed by atoms with Gasteiger partial charge in [0.05, 0.1) is 0 Å². The molecule has 0 bridgehead atoms. The van der Waals surface area contributed by atoms with Crippen molar-refractivity contribution in [1.82, 2.24) is 4.57 Å². The molecule has 3 nitrogen and oxygen atoms in total. The molecule has 0 aliphatic rings. The average Bonchev–Trinajstić information content (AvgIpc) is 2.45. The molecule has 0 saturated carbocycles. The van der Waals surface area contributed by atoms with Gasteiger partial charge in [-0.25, -0.2) is 0 Å². The van der Waals surface area contributed by atoms with E-state index in [-0.39, 0.29) is 38.3 Å². The molecule has 0 spiro atoms. The van der Waals surface area contributed by atoms with Crippen LogP contribution in [0.4, 0.5) is 0 Å². The molecule has 21 heavy (non-hydrogen) atoms. The van der Waals surface area contributed by atoms with E-state index in [1.54, 1.807) is 16.7 Å². The van der Waals surface area contributed by atoms with Crippen LogP contribution < -0.4 is 10.3 Å². The van der Waals surface area contributed by atoms with E-state index in [1.165, 1.54) is 6.07 Å². The number of hydrogen-bond donors (Lipinski definition) is 0. The van der Waals surface area contributed by atoms with Crippen LogP contribution in [0.5, 0.6) is 5.75 Å². The summed E-state index contributed by atoms with van der Waals surface area (Å²) in [6, 6.07) is 12.0. The Hall–Kier alpha value is -0.706. The monoisotopic (exact) mass is 421 g/mol. The minimum absolute atomic E-state index is 0. The minimum atomic E-state index is -0.0277. The predicted molar refractivity (Wildman–Crippen MR) is 84.0 cm³/mol. The molecule has 2 aromatic rings. The molecule has 107 valence electrons. The first-order valence-electron chi connectivity index (χ1n) is 6.32. The second kappa shape index (κ2) is 8.67. The molecule has 0 unspecified atom stereocenters. The Morgan fingerprint density at radius 2 is 2.19 bits per heavy atom. The first kappa shape index (κ1) is 18.3. The smallest absolute Gasteiger partial charge is 0.194 e. The number of ether oxygens (including phenoxy) is 1. The number of aromatic nitrogens is 1. The van der Waals surface area contributed by atoms with Crippen LogP contribution in [0.2, 0.25) is 0 Å². The standard InChI is InChI=1S/C16H15BrNO2.Y/c1-3-10-20-12-8-9-13(14(17)11-12)15-6-5-7-16(19)18(15)4-2;/h3,5,7-9,11H,1,4,10H2,2H3;/q-1;. The molecule has 5 heteroatoms. The Morgan fingerprint density at radius 1 is 1.43 bits per heavy atom. The first-order valence-corrected chi connectivity index (χ1v) is 7.11. The first-order chi connectivity index (χ1) is 9.67. The molecule has 0 N–H and O–H groups in total. The summed E-state index contributed by atoms with van der Waals surface area (Å²) in [6.07, 6.45) is 1.70. The van der Waals surface area contributed by atoms with Crippen LogP contribution in [0, 0.1) is 6.07 Å². The Morgan fingerprint density at radius 3 is 2.81 bits per heavy atom. The van der Waals surface area contributed by atoms with Crippen molar-refractivity contribution in [3.63, 3.8) is 0 Å². The van der Waals surface area contributed by atoms with Gasteiger partial charge in [-0.1, -0.05) is 45.9 Å². The molecule has 0 amide bonds. The van der Waals surface area contributed by atoms with Crippen LogP contribution in [-0.2, 0) is 39.3 Å². The zero-order valence-corrected chi connectivity index (χ0v) is 16.2. The molecule has 0 aliphatic carbocycles. The number of halogens is 1. The van der Waals surface area contributed by atoms with Crippen LogP contribution >= 0.6 is 15.9 Å². The van der Waals surface area contributed by atoms with Gasteiger partial charge in [0.15, 0.2) is 5.56 Å². The van der Waals surface area contributed by atoms with E-state index < -0.39 is 0 Å². The molecule has 1 radical (unpaired) electrons. The Kier molecular flexibility index (Phi) is 7.57. The van der Waals surface area contributed by atoms with E-state index >= 15 is 0 Å². The minimum Gasteiger partial charge on any atom is -0.490 e. The van der Waals surface area contributed by atoms with Gasteiger partial charge in [-0.2, -0.15) is 12.1 Å². The second-order valence-corrected chi connectivity index (χ2v) is 5.00. The molecule has 1 heterocycles. The van der Waals surface area contributed by atoms with Gasteiger partial charge in [-0.3, -0.25) is 4.79 Å². The van der Waals surface area contributed by atoms with Crippen LogP contribution in [0.1, 0.15) is 6.92 Å². The molecule has 0 atom stereocenters. The Bertz CT molecular complexity index is 682. The molecule has 1 aromatic heterocycles. The summed E-state index contributed by atoms with van der Waals surface area (Å²) in [4.78, 5) is 11.9. The van der Waals surface area contributed by atoms with Crippen molar-refractivity contribution in [2.75, 3.05) is 6.61 Å². The number of nitrogens with zero attached hydrogens (tertiary/aromatic N) is 1. The van der Waals surface area contributed by atoms with Crippen LogP contribution in [0.3, 0.4) is 0 Å². The maximum absolute atomic E-state index is 11.9. The zero-order valence-electron chi connectivity index (χ0n) is 11.8. The third-order valence-corrected chi connectivity index (χ3v) is 3.52. The van der Waals surface area contributed by atoms with Crippen molar-refractivity contribution < 1.29 is 37.4 Å². The quantitative estimate of drug-likeness (QED) is 0.544. The van der Waals surface area contributed by atoms with Crippen molar-refractivity contribution in [3.8, 4) is 17.0 Å². The van der Waals surface area contributed by atoms with Gasteiger partial charge in [-0.15, -0.1) is 6.07 Å². The van der Waals surface area contributed by atoms with Crippen LogP contribution in [0.15, 0.2) is 52.3 Å². The third kappa shape index (κ3) is 4.38. The van der Waals surface area contributed by atoms with Crippen LogP contribution in [-0.4, -0.2) is 11.2 Å². The summed E-state index contributed by atoms with van der Waals surface area (Å²) in [7, 11) is 0. The number of rotatable bonds is 5. The summed E-state index contributed by atoms with van der Waals surface area (Å²) < 4.78 is 8.03. The fourth-order valence-corrected chi connectivity index (χ4v) is 2.49. The van der Waals surface area contributed by atoms with Gasteiger partial charge in [0.25, 0.3) is 0 Å². The maximum Gasteiger partial charge on any atom is 0.194 e. The Balaban J connectivity index is 0.00000220. The van der Waals surface area contributed by atoms with E-state index in [4.69, 9.17) is 4.74 Å². The van der Waals surface area contributed by atoms with Gasteiger partial charge in [-0.05, 0) is 23.5 Å². The normalized spacial score (nSPS) is 9.81.